The number of nitrogens with zero attached hydrogens (tertiary/aromatic N) is 1. The predicted molar refractivity (Wildman–Crippen MR) is 252 cm³/mol. The average Bonchev–Trinajstić information content (AvgIpc) is 3.62. The third-order valence-electron chi connectivity index (χ3n) is 12.7. The van der Waals surface area contributed by atoms with Crippen molar-refractivity contribution >= 4 is 27.8 Å². The van der Waals surface area contributed by atoms with Gasteiger partial charge in [-0.1, -0.05) is 188 Å². The molecule has 0 aromatic heterocycles. The van der Waals surface area contributed by atoms with Crippen molar-refractivity contribution in [1.82, 2.24) is 0 Å². The van der Waals surface area contributed by atoms with E-state index in [0.29, 0.717) is 0 Å². The van der Waals surface area contributed by atoms with Crippen LogP contribution in [-0.4, -0.2) is 0 Å². The van der Waals surface area contributed by atoms with Crippen molar-refractivity contribution in [2.24, 2.45) is 0 Å². The molecular weight excluding hydrogens is 739 g/mol. The van der Waals surface area contributed by atoms with Gasteiger partial charge in [0, 0.05) is 27.9 Å². The van der Waals surface area contributed by atoms with Crippen LogP contribution < -0.4 is 9.64 Å². The van der Waals surface area contributed by atoms with E-state index in [9.17, 15) is 0 Å². The molecule has 0 amide bonds. The summed E-state index contributed by atoms with van der Waals surface area (Å²) in [7, 11) is 0. The number of rotatable bonds is 6. The van der Waals surface area contributed by atoms with Crippen molar-refractivity contribution < 1.29 is 4.74 Å². The summed E-state index contributed by atoms with van der Waals surface area (Å²) >= 11 is 0. The molecule has 1 aliphatic heterocycles. The zero-order valence-electron chi connectivity index (χ0n) is 33.4. The van der Waals surface area contributed by atoms with Crippen LogP contribution in [0.5, 0.6) is 11.5 Å². The predicted octanol–water partition coefficient (Wildman–Crippen LogP) is 15.8. The number of benzene rings is 10. The van der Waals surface area contributed by atoms with Crippen LogP contribution in [0.15, 0.2) is 237 Å². The molecule has 0 unspecified atom stereocenters. The second-order valence-electron chi connectivity index (χ2n) is 16.0. The van der Waals surface area contributed by atoms with Crippen molar-refractivity contribution in [2.45, 2.75) is 5.41 Å². The molecule has 0 saturated heterocycles. The number of fused-ring (bicyclic) bond motifs is 10. The quantitative estimate of drug-likeness (QED) is 0.167. The fraction of sp³-hybridized carbons (Fsp3) is 0.0169. The second-order valence-corrected chi connectivity index (χ2v) is 16.0. The largest absolute Gasteiger partial charge is 0.457 e. The summed E-state index contributed by atoms with van der Waals surface area (Å²) in [5.41, 5.74) is 17.4. The van der Waals surface area contributed by atoms with Crippen LogP contribution in [0.25, 0.3) is 55.3 Å². The minimum atomic E-state index is -0.487. The Labute approximate surface area is 356 Å². The third-order valence-corrected chi connectivity index (χ3v) is 12.7. The van der Waals surface area contributed by atoms with Gasteiger partial charge in [0.15, 0.2) is 0 Å². The van der Waals surface area contributed by atoms with E-state index in [1.54, 1.807) is 0 Å². The maximum atomic E-state index is 6.57. The van der Waals surface area contributed by atoms with Gasteiger partial charge < -0.3 is 9.64 Å². The van der Waals surface area contributed by atoms with Gasteiger partial charge in [-0.2, -0.15) is 0 Å². The molecule has 2 heteroatoms. The molecular formula is C59H39NO. The molecule has 0 fully saturated rings. The lowest BCUT2D eigenvalue weighted by molar-refractivity contribution is 0.436. The maximum Gasteiger partial charge on any atom is 0.132 e. The van der Waals surface area contributed by atoms with Crippen LogP contribution in [0, 0.1) is 0 Å². The van der Waals surface area contributed by atoms with Gasteiger partial charge in [0.05, 0.1) is 11.1 Å². The van der Waals surface area contributed by atoms with Crippen molar-refractivity contribution in [3.63, 3.8) is 0 Å². The Morgan fingerprint density at radius 3 is 1.56 bits per heavy atom. The number of hydrogen-bond acceptors (Lipinski definition) is 2. The van der Waals surface area contributed by atoms with E-state index < -0.39 is 5.41 Å². The first kappa shape index (κ1) is 35.0. The molecule has 2 aliphatic rings. The van der Waals surface area contributed by atoms with Gasteiger partial charge in [-0.05, 0) is 110 Å². The number of hydrogen-bond donors (Lipinski definition) is 0. The molecule has 1 aliphatic carbocycles. The van der Waals surface area contributed by atoms with Gasteiger partial charge in [-0.15, -0.1) is 0 Å². The lowest BCUT2D eigenvalue weighted by Crippen LogP contribution is -2.32. The average molecular weight is 778 g/mol. The molecule has 0 atom stereocenters. The van der Waals surface area contributed by atoms with Gasteiger partial charge in [0.1, 0.15) is 11.5 Å². The Kier molecular flexibility index (Phi) is 8.11. The lowest BCUT2D eigenvalue weighted by atomic mass is 9.66. The number of anilines is 3. The van der Waals surface area contributed by atoms with Crippen LogP contribution in [0.1, 0.15) is 22.3 Å². The first-order valence-corrected chi connectivity index (χ1v) is 21.0. The lowest BCUT2D eigenvalue weighted by Gasteiger charge is -2.39. The minimum Gasteiger partial charge on any atom is -0.457 e. The third kappa shape index (κ3) is 5.57. The number of ether oxygens (including phenoxy) is 1. The number of para-hydroxylation sites is 2. The molecule has 286 valence electrons. The van der Waals surface area contributed by atoms with Gasteiger partial charge in [-0.25, -0.2) is 0 Å². The summed E-state index contributed by atoms with van der Waals surface area (Å²) < 4.78 is 6.57. The molecule has 10 aromatic rings. The van der Waals surface area contributed by atoms with Crippen molar-refractivity contribution in [3.8, 4) is 56.0 Å². The van der Waals surface area contributed by atoms with Crippen molar-refractivity contribution in [2.75, 3.05) is 4.90 Å². The van der Waals surface area contributed by atoms with E-state index in [0.717, 1.165) is 34.1 Å². The first-order chi connectivity index (χ1) is 30.2. The minimum absolute atomic E-state index is 0.487. The summed E-state index contributed by atoms with van der Waals surface area (Å²) in [5, 5.41) is 2.41. The van der Waals surface area contributed by atoms with Gasteiger partial charge in [-0.3, -0.25) is 0 Å². The Morgan fingerprint density at radius 1 is 0.311 bits per heavy atom. The molecule has 2 nitrogen and oxygen atoms in total. The van der Waals surface area contributed by atoms with E-state index in [4.69, 9.17) is 4.74 Å². The highest BCUT2D eigenvalue weighted by Crippen LogP contribution is 2.62. The van der Waals surface area contributed by atoms with Crippen LogP contribution in [0.3, 0.4) is 0 Å². The molecule has 0 radical (unpaired) electrons. The monoisotopic (exact) mass is 777 g/mol. The van der Waals surface area contributed by atoms with Gasteiger partial charge >= 0.3 is 0 Å². The van der Waals surface area contributed by atoms with E-state index in [1.807, 2.05) is 0 Å². The van der Waals surface area contributed by atoms with Crippen molar-refractivity contribution in [1.29, 1.82) is 0 Å². The smallest absolute Gasteiger partial charge is 0.132 e. The van der Waals surface area contributed by atoms with E-state index in [-0.39, 0.29) is 0 Å². The summed E-state index contributed by atoms with van der Waals surface area (Å²) in [6.45, 7) is 0. The van der Waals surface area contributed by atoms with Crippen LogP contribution in [-0.2, 0) is 5.41 Å². The Bertz CT molecular complexity index is 3220. The highest BCUT2D eigenvalue weighted by molar-refractivity contribution is 5.99. The summed E-state index contributed by atoms with van der Waals surface area (Å²) in [5.74, 6) is 1.81. The highest BCUT2D eigenvalue weighted by Gasteiger charge is 2.50. The highest BCUT2D eigenvalue weighted by atomic mass is 16.5. The Hall–Kier alpha value is -7.94. The van der Waals surface area contributed by atoms with Crippen molar-refractivity contribution in [3.05, 3.63) is 259 Å². The van der Waals surface area contributed by atoms with E-state index in [1.165, 1.54) is 72.0 Å². The summed E-state index contributed by atoms with van der Waals surface area (Å²) in [6.07, 6.45) is 0. The normalized spacial score (nSPS) is 12.9. The zero-order valence-corrected chi connectivity index (χ0v) is 33.4. The standard InChI is InChI=1S/C59H39NO/c1-2-14-40(15-3-1)41-28-30-42(31-29-41)43-32-35-47(36-33-43)60(56-25-13-17-44-16-4-5-20-49(44)56)48-19-12-18-45(38-48)46-34-37-53-51(39-46)50-21-6-7-22-52(50)59(53)54-23-8-10-26-57(54)61-58-27-11-9-24-55(58)59/h1-39H. The SMILES string of the molecule is c1ccc(-c2ccc(-c3ccc(N(c4cccc(-c5ccc6c(c5)-c5ccccc5C65c6ccccc6Oc6ccccc65)c4)c4cccc5ccccc45)cc3)cc2)cc1. The first-order valence-electron chi connectivity index (χ1n) is 21.0. The van der Waals surface area contributed by atoms with Crippen LogP contribution in [0.2, 0.25) is 0 Å². The topological polar surface area (TPSA) is 12.5 Å². The second kappa shape index (κ2) is 14.1. The van der Waals surface area contributed by atoms with Gasteiger partial charge in [0.2, 0.25) is 0 Å². The Morgan fingerprint density at radius 2 is 0.820 bits per heavy atom. The fourth-order valence-electron chi connectivity index (χ4n) is 9.98. The van der Waals surface area contributed by atoms with E-state index in [2.05, 4.69) is 241 Å². The van der Waals surface area contributed by atoms with Crippen LogP contribution >= 0.6 is 0 Å². The molecule has 0 saturated carbocycles. The maximum absolute atomic E-state index is 6.57. The summed E-state index contributed by atoms with van der Waals surface area (Å²) in [6, 6.07) is 85.8. The zero-order chi connectivity index (χ0) is 40.3. The molecule has 1 spiro atoms. The Balaban J connectivity index is 0.973. The molecule has 1 heterocycles. The fourth-order valence-corrected chi connectivity index (χ4v) is 9.98. The molecule has 12 rings (SSSR count). The molecule has 61 heavy (non-hydrogen) atoms. The van der Waals surface area contributed by atoms with E-state index >= 15 is 0 Å². The molecule has 0 bridgehead atoms. The molecule has 10 aromatic carbocycles. The van der Waals surface area contributed by atoms with Gasteiger partial charge in [0.25, 0.3) is 0 Å². The van der Waals surface area contributed by atoms with Crippen LogP contribution in [0.4, 0.5) is 17.1 Å². The summed E-state index contributed by atoms with van der Waals surface area (Å²) in [4.78, 5) is 2.40. The molecule has 0 N–H and O–H groups in total.